The molecule has 29 heavy (non-hydrogen) atoms. The average molecular weight is 403 g/mol. The highest BCUT2D eigenvalue weighted by atomic mass is 16.5. The van der Waals surface area contributed by atoms with Crippen LogP contribution >= 0.6 is 0 Å². The van der Waals surface area contributed by atoms with Gasteiger partial charge in [-0.05, 0) is 75.6 Å². The first kappa shape index (κ1) is 21.6. The third kappa shape index (κ3) is 5.72. The summed E-state index contributed by atoms with van der Waals surface area (Å²) in [4.78, 5) is 27.1. The van der Waals surface area contributed by atoms with Crippen LogP contribution in [0.4, 0.5) is 5.69 Å². The van der Waals surface area contributed by atoms with E-state index in [1.54, 1.807) is 12.1 Å². The van der Waals surface area contributed by atoms with Crippen molar-refractivity contribution in [3.63, 3.8) is 0 Å². The van der Waals surface area contributed by atoms with E-state index in [1.165, 1.54) is 6.42 Å². The molecule has 2 fully saturated rings. The number of carbonyl (C=O) groups is 2. The highest BCUT2D eigenvalue weighted by Gasteiger charge is 2.42. The van der Waals surface area contributed by atoms with Gasteiger partial charge >= 0.3 is 0 Å². The van der Waals surface area contributed by atoms with E-state index >= 15 is 0 Å². The van der Waals surface area contributed by atoms with Crippen LogP contribution in [0.15, 0.2) is 24.3 Å². The van der Waals surface area contributed by atoms with Crippen molar-refractivity contribution in [2.75, 3.05) is 31.6 Å². The van der Waals surface area contributed by atoms with Crippen molar-refractivity contribution in [1.82, 2.24) is 4.90 Å². The number of rotatable bonds is 7. The number of nitrogens with zero attached hydrogens (tertiary/aromatic N) is 1. The number of anilines is 1. The van der Waals surface area contributed by atoms with Crippen molar-refractivity contribution < 1.29 is 19.1 Å². The number of benzene rings is 1. The first-order valence-corrected chi connectivity index (χ1v) is 11.0. The van der Waals surface area contributed by atoms with Crippen molar-refractivity contribution >= 4 is 17.5 Å². The van der Waals surface area contributed by atoms with Gasteiger partial charge in [0.15, 0.2) is 6.61 Å². The summed E-state index contributed by atoms with van der Waals surface area (Å²) < 4.78 is 11.6. The molecule has 0 aromatic heterocycles. The van der Waals surface area contributed by atoms with E-state index < -0.39 is 5.60 Å². The molecular weight excluding hydrogens is 368 g/mol. The lowest BCUT2D eigenvalue weighted by Gasteiger charge is -2.38. The SMILES string of the molecule is CCO[C@@]1(C(=O)Nc2ccc(OCC(=O)N3CCCCC3)cc2)CCC[C@@H](C)C1. The summed E-state index contributed by atoms with van der Waals surface area (Å²) in [6.07, 6.45) is 7.01. The predicted octanol–water partition coefficient (Wildman–Crippen LogP) is 4.00. The van der Waals surface area contributed by atoms with Crippen LogP contribution in [0.2, 0.25) is 0 Å². The van der Waals surface area contributed by atoms with E-state index in [0.29, 0.717) is 24.0 Å². The molecule has 1 saturated carbocycles. The van der Waals surface area contributed by atoms with Crippen LogP contribution in [0, 0.1) is 5.92 Å². The van der Waals surface area contributed by atoms with Gasteiger partial charge in [0.1, 0.15) is 11.4 Å². The molecule has 1 saturated heterocycles. The molecule has 1 aromatic rings. The Labute approximate surface area is 173 Å². The van der Waals surface area contributed by atoms with Crippen LogP contribution in [0.25, 0.3) is 0 Å². The van der Waals surface area contributed by atoms with Crippen molar-refractivity contribution in [3.05, 3.63) is 24.3 Å². The summed E-state index contributed by atoms with van der Waals surface area (Å²) in [6, 6.07) is 7.20. The lowest BCUT2D eigenvalue weighted by Crippen LogP contribution is -2.48. The van der Waals surface area contributed by atoms with Crippen LogP contribution in [0.3, 0.4) is 0 Å². The first-order chi connectivity index (χ1) is 14.0. The zero-order chi connectivity index (χ0) is 20.7. The molecule has 0 bridgehead atoms. The maximum absolute atomic E-state index is 13.0. The zero-order valence-electron chi connectivity index (χ0n) is 17.7. The molecule has 0 radical (unpaired) electrons. The summed E-state index contributed by atoms with van der Waals surface area (Å²) in [5, 5.41) is 3.01. The van der Waals surface area contributed by atoms with Gasteiger partial charge in [0.2, 0.25) is 0 Å². The Morgan fingerprint density at radius 2 is 1.86 bits per heavy atom. The molecule has 1 aliphatic heterocycles. The first-order valence-electron chi connectivity index (χ1n) is 11.0. The highest BCUT2D eigenvalue weighted by Crippen LogP contribution is 2.36. The molecule has 2 amide bonds. The van der Waals surface area contributed by atoms with Gasteiger partial charge in [-0.3, -0.25) is 9.59 Å². The number of hydrogen-bond acceptors (Lipinski definition) is 4. The summed E-state index contributed by atoms with van der Waals surface area (Å²) in [5.41, 5.74) is -0.0235. The van der Waals surface area contributed by atoms with E-state index in [-0.39, 0.29) is 18.4 Å². The molecule has 0 unspecified atom stereocenters. The van der Waals surface area contributed by atoms with E-state index in [9.17, 15) is 9.59 Å². The predicted molar refractivity (Wildman–Crippen MR) is 113 cm³/mol. The van der Waals surface area contributed by atoms with Gasteiger partial charge in [-0.25, -0.2) is 0 Å². The van der Waals surface area contributed by atoms with Gasteiger partial charge in [-0.1, -0.05) is 13.3 Å². The quantitative estimate of drug-likeness (QED) is 0.748. The number of piperidine rings is 1. The second-order valence-electron chi connectivity index (χ2n) is 8.34. The maximum atomic E-state index is 13.0. The fourth-order valence-electron chi connectivity index (χ4n) is 4.44. The minimum absolute atomic E-state index is 0.0344. The normalized spacial score (nSPS) is 24.8. The topological polar surface area (TPSA) is 67.9 Å². The van der Waals surface area contributed by atoms with Crippen LogP contribution in [-0.4, -0.2) is 48.6 Å². The number of amides is 2. The van der Waals surface area contributed by atoms with E-state index in [4.69, 9.17) is 9.47 Å². The number of carbonyl (C=O) groups excluding carboxylic acids is 2. The standard InChI is InChI=1S/C23H34N2O4/c1-3-29-23(13-7-8-18(2)16-23)22(27)24-19-9-11-20(12-10-19)28-17-21(26)25-14-5-4-6-15-25/h9-12,18H,3-8,13-17H2,1-2H3,(H,24,27)/t18-,23+/m1/s1. The minimum Gasteiger partial charge on any atom is -0.484 e. The maximum Gasteiger partial charge on any atom is 0.260 e. The lowest BCUT2D eigenvalue weighted by molar-refractivity contribution is -0.147. The van der Waals surface area contributed by atoms with Crippen LogP contribution in [-0.2, 0) is 14.3 Å². The third-order valence-corrected chi connectivity index (χ3v) is 5.97. The Bertz CT molecular complexity index is 681. The highest BCUT2D eigenvalue weighted by molar-refractivity contribution is 5.97. The van der Waals surface area contributed by atoms with Gasteiger partial charge in [-0.15, -0.1) is 0 Å². The van der Waals surface area contributed by atoms with Gasteiger partial charge in [0.05, 0.1) is 0 Å². The van der Waals surface area contributed by atoms with Gasteiger partial charge in [-0.2, -0.15) is 0 Å². The Balaban J connectivity index is 1.54. The molecule has 1 aliphatic carbocycles. The average Bonchev–Trinajstić information content (AvgIpc) is 2.74. The number of nitrogens with one attached hydrogen (secondary N) is 1. The van der Waals surface area contributed by atoms with Crippen molar-refractivity contribution in [3.8, 4) is 5.75 Å². The summed E-state index contributed by atoms with van der Waals surface area (Å²) in [5.74, 6) is 1.07. The molecule has 0 spiro atoms. The fraction of sp³-hybridized carbons (Fsp3) is 0.652. The third-order valence-electron chi connectivity index (χ3n) is 5.97. The lowest BCUT2D eigenvalue weighted by atomic mass is 9.78. The molecule has 6 nitrogen and oxygen atoms in total. The molecule has 2 aliphatic rings. The van der Waals surface area contributed by atoms with Gasteiger partial charge in [0, 0.05) is 25.4 Å². The van der Waals surface area contributed by atoms with Crippen molar-refractivity contribution in [2.24, 2.45) is 5.92 Å². The molecule has 1 aromatic carbocycles. The molecule has 2 atom stereocenters. The molecular formula is C23H34N2O4. The smallest absolute Gasteiger partial charge is 0.260 e. The Morgan fingerprint density at radius 3 is 2.52 bits per heavy atom. The minimum atomic E-state index is -0.734. The number of ether oxygens (including phenoxy) is 2. The second-order valence-corrected chi connectivity index (χ2v) is 8.34. The van der Waals surface area contributed by atoms with Crippen molar-refractivity contribution in [1.29, 1.82) is 0 Å². The van der Waals surface area contributed by atoms with Gasteiger partial charge in [0.25, 0.3) is 11.8 Å². The van der Waals surface area contributed by atoms with E-state index in [1.807, 2.05) is 24.0 Å². The summed E-state index contributed by atoms with van der Waals surface area (Å²) in [7, 11) is 0. The van der Waals surface area contributed by atoms with Crippen molar-refractivity contribution in [2.45, 2.75) is 64.4 Å². The second kappa shape index (κ2) is 10.1. The summed E-state index contributed by atoms with van der Waals surface area (Å²) >= 11 is 0. The van der Waals surface area contributed by atoms with Crippen LogP contribution in [0.1, 0.15) is 58.8 Å². The van der Waals surface area contributed by atoms with Crippen LogP contribution in [0.5, 0.6) is 5.75 Å². The van der Waals surface area contributed by atoms with Gasteiger partial charge < -0.3 is 19.7 Å². The molecule has 3 rings (SSSR count). The number of hydrogen-bond donors (Lipinski definition) is 1. The Kier molecular flexibility index (Phi) is 7.53. The molecule has 1 N–H and O–H groups in total. The molecule has 1 heterocycles. The molecule has 6 heteroatoms. The number of likely N-dealkylation sites (tertiary alicyclic amines) is 1. The van der Waals surface area contributed by atoms with Crippen LogP contribution < -0.4 is 10.1 Å². The Morgan fingerprint density at radius 1 is 1.14 bits per heavy atom. The molecule has 160 valence electrons. The zero-order valence-corrected chi connectivity index (χ0v) is 17.7. The van der Waals surface area contributed by atoms with E-state index in [2.05, 4.69) is 12.2 Å². The Hall–Kier alpha value is -2.08. The fourth-order valence-corrected chi connectivity index (χ4v) is 4.44. The monoisotopic (exact) mass is 402 g/mol. The largest absolute Gasteiger partial charge is 0.484 e. The summed E-state index contributed by atoms with van der Waals surface area (Å²) in [6.45, 7) is 6.35. The van der Waals surface area contributed by atoms with E-state index in [0.717, 1.165) is 51.6 Å².